The van der Waals surface area contributed by atoms with Crippen LogP contribution in [0.25, 0.3) is 11.1 Å². The maximum absolute atomic E-state index is 10.7. The van der Waals surface area contributed by atoms with Crippen LogP contribution in [0.2, 0.25) is 0 Å². The molecule has 2 aromatic heterocycles. The molecular formula is C11H8N4O3S. The van der Waals surface area contributed by atoms with Gasteiger partial charge in [-0.1, -0.05) is 0 Å². The summed E-state index contributed by atoms with van der Waals surface area (Å²) >= 11 is 1.51. The number of non-ortho nitro benzene ring substituents is 1. The Hall–Kier alpha value is -2.48. The average molecular weight is 276 g/mol. The molecule has 0 atom stereocenters. The zero-order valence-corrected chi connectivity index (χ0v) is 10.4. The Kier molecular flexibility index (Phi) is 2.84. The Labute approximate surface area is 111 Å². The number of oxazole rings is 1. The van der Waals surface area contributed by atoms with Gasteiger partial charge < -0.3 is 9.73 Å². The standard InChI is InChI=1S/C11H8N4O3S/c16-15(17)8-1-2-10-9(3-8)14-11(18-10)12-4-7-5-19-6-13-7/h1-3,5-6H,4H2,(H,12,14). The molecule has 0 radical (unpaired) electrons. The minimum Gasteiger partial charge on any atom is -0.424 e. The predicted octanol–water partition coefficient (Wildman–Crippen LogP) is 2.80. The van der Waals surface area contributed by atoms with Crippen molar-refractivity contribution in [2.75, 3.05) is 5.32 Å². The number of anilines is 1. The van der Waals surface area contributed by atoms with Crippen molar-refractivity contribution in [1.82, 2.24) is 9.97 Å². The number of rotatable bonds is 4. The summed E-state index contributed by atoms with van der Waals surface area (Å²) in [6.45, 7) is 0.498. The molecule has 96 valence electrons. The van der Waals surface area contributed by atoms with E-state index in [0.717, 1.165) is 5.69 Å². The normalized spacial score (nSPS) is 10.7. The Bertz CT molecular complexity index is 723. The van der Waals surface area contributed by atoms with Gasteiger partial charge in [0.25, 0.3) is 11.7 Å². The Morgan fingerprint density at radius 3 is 3.11 bits per heavy atom. The number of nitro groups is 1. The van der Waals surface area contributed by atoms with Crippen LogP contribution in [-0.2, 0) is 6.54 Å². The largest absolute Gasteiger partial charge is 0.424 e. The van der Waals surface area contributed by atoms with Crippen molar-refractivity contribution in [3.8, 4) is 0 Å². The van der Waals surface area contributed by atoms with Crippen molar-refractivity contribution >= 4 is 34.1 Å². The van der Waals surface area contributed by atoms with Crippen LogP contribution in [0.4, 0.5) is 11.7 Å². The number of hydrogen-bond donors (Lipinski definition) is 1. The summed E-state index contributed by atoms with van der Waals surface area (Å²) in [7, 11) is 0. The van der Waals surface area contributed by atoms with Crippen LogP contribution in [0.3, 0.4) is 0 Å². The topological polar surface area (TPSA) is 94.1 Å². The maximum atomic E-state index is 10.7. The van der Waals surface area contributed by atoms with E-state index < -0.39 is 4.92 Å². The molecule has 3 aromatic rings. The minimum absolute atomic E-state index is 0.00755. The van der Waals surface area contributed by atoms with Crippen LogP contribution in [0.15, 0.2) is 33.5 Å². The molecule has 0 saturated carbocycles. The molecule has 2 heterocycles. The third kappa shape index (κ3) is 2.38. The van der Waals surface area contributed by atoms with Crippen molar-refractivity contribution in [1.29, 1.82) is 0 Å². The van der Waals surface area contributed by atoms with E-state index in [-0.39, 0.29) is 5.69 Å². The third-order valence-electron chi connectivity index (χ3n) is 2.49. The van der Waals surface area contributed by atoms with Crippen molar-refractivity contribution in [2.45, 2.75) is 6.54 Å². The van der Waals surface area contributed by atoms with Gasteiger partial charge >= 0.3 is 0 Å². The van der Waals surface area contributed by atoms with Crippen LogP contribution in [0.1, 0.15) is 5.69 Å². The number of hydrogen-bond acceptors (Lipinski definition) is 7. The number of benzene rings is 1. The SMILES string of the molecule is O=[N+]([O-])c1ccc2oc(NCc3cscn3)nc2c1. The van der Waals surface area contributed by atoms with Crippen molar-refractivity contribution < 1.29 is 9.34 Å². The fourth-order valence-corrected chi connectivity index (χ4v) is 2.15. The molecule has 0 saturated heterocycles. The molecule has 0 unspecified atom stereocenters. The van der Waals surface area contributed by atoms with Gasteiger partial charge in [-0.05, 0) is 6.07 Å². The van der Waals surface area contributed by atoms with E-state index in [4.69, 9.17) is 4.42 Å². The van der Waals surface area contributed by atoms with Crippen LogP contribution >= 0.6 is 11.3 Å². The highest BCUT2D eigenvalue weighted by Crippen LogP contribution is 2.23. The quantitative estimate of drug-likeness (QED) is 0.581. The lowest BCUT2D eigenvalue weighted by Gasteiger charge is -1.96. The van der Waals surface area contributed by atoms with E-state index >= 15 is 0 Å². The van der Waals surface area contributed by atoms with E-state index in [1.807, 2.05) is 5.38 Å². The molecule has 3 rings (SSSR count). The molecule has 7 nitrogen and oxygen atoms in total. The summed E-state index contributed by atoms with van der Waals surface area (Å²) in [5.41, 5.74) is 3.58. The highest BCUT2D eigenvalue weighted by molar-refractivity contribution is 7.07. The molecule has 0 fully saturated rings. The number of thiazole rings is 1. The Morgan fingerprint density at radius 2 is 2.37 bits per heavy atom. The maximum Gasteiger partial charge on any atom is 0.296 e. The van der Waals surface area contributed by atoms with Crippen LogP contribution < -0.4 is 5.32 Å². The zero-order valence-electron chi connectivity index (χ0n) is 9.57. The summed E-state index contributed by atoms with van der Waals surface area (Å²) < 4.78 is 5.43. The number of nitro benzene ring substituents is 1. The molecule has 0 bridgehead atoms. The van der Waals surface area contributed by atoms with E-state index in [1.165, 1.54) is 29.5 Å². The van der Waals surface area contributed by atoms with Gasteiger partial charge in [0.05, 0.1) is 22.7 Å². The second kappa shape index (κ2) is 4.65. The third-order valence-corrected chi connectivity index (χ3v) is 3.12. The first-order chi connectivity index (χ1) is 9.22. The second-order valence-electron chi connectivity index (χ2n) is 3.76. The summed E-state index contributed by atoms with van der Waals surface area (Å²) in [4.78, 5) is 18.5. The Morgan fingerprint density at radius 1 is 1.47 bits per heavy atom. The number of nitrogens with zero attached hydrogens (tertiary/aromatic N) is 3. The van der Waals surface area contributed by atoms with Gasteiger partial charge in [0.15, 0.2) is 5.58 Å². The Balaban J connectivity index is 1.83. The smallest absolute Gasteiger partial charge is 0.296 e. The summed E-state index contributed by atoms with van der Waals surface area (Å²) in [6.07, 6.45) is 0. The van der Waals surface area contributed by atoms with E-state index in [9.17, 15) is 10.1 Å². The van der Waals surface area contributed by atoms with Gasteiger partial charge in [0, 0.05) is 17.5 Å². The van der Waals surface area contributed by atoms with Gasteiger partial charge in [0.2, 0.25) is 0 Å². The van der Waals surface area contributed by atoms with E-state index in [2.05, 4.69) is 15.3 Å². The van der Waals surface area contributed by atoms with Gasteiger partial charge in [-0.15, -0.1) is 11.3 Å². The molecule has 8 heteroatoms. The van der Waals surface area contributed by atoms with Crippen LogP contribution in [0, 0.1) is 10.1 Å². The fourth-order valence-electron chi connectivity index (χ4n) is 1.60. The number of fused-ring (bicyclic) bond motifs is 1. The van der Waals surface area contributed by atoms with Gasteiger partial charge in [0.1, 0.15) is 5.52 Å². The molecule has 1 N–H and O–H groups in total. The summed E-state index contributed by atoms with van der Waals surface area (Å²) in [5, 5.41) is 15.6. The van der Waals surface area contributed by atoms with Gasteiger partial charge in [-0.25, -0.2) is 4.98 Å². The average Bonchev–Trinajstić information content (AvgIpc) is 3.04. The molecular weight excluding hydrogens is 268 g/mol. The van der Waals surface area contributed by atoms with E-state index in [0.29, 0.717) is 23.7 Å². The molecule has 0 aliphatic heterocycles. The summed E-state index contributed by atoms with van der Waals surface area (Å²) in [6, 6.07) is 4.63. The molecule has 1 aromatic carbocycles. The zero-order chi connectivity index (χ0) is 13.2. The highest BCUT2D eigenvalue weighted by Gasteiger charge is 2.11. The lowest BCUT2D eigenvalue weighted by Crippen LogP contribution is -1.99. The second-order valence-corrected chi connectivity index (χ2v) is 4.48. The van der Waals surface area contributed by atoms with Crippen LogP contribution in [-0.4, -0.2) is 14.9 Å². The van der Waals surface area contributed by atoms with Crippen molar-refractivity contribution in [2.24, 2.45) is 0 Å². The van der Waals surface area contributed by atoms with Crippen molar-refractivity contribution in [3.05, 3.63) is 44.9 Å². The summed E-state index contributed by atoms with van der Waals surface area (Å²) in [5.74, 6) is 0. The lowest BCUT2D eigenvalue weighted by molar-refractivity contribution is -0.384. The van der Waals surface area contributed by atoms with Gasteiger partial charge in [-0.2, -0.15) is 4.98 Å². The monoisotopic (exact) mass is 276 g/mol. The number of nitrogens with one attached hydrogen (secondary N) is 1. The van der Waals surface area contributed by atoms with Crippen LogP contribution in [0.5, 0.6) is 0 Å². The molecule has 0 spiro atoms. The first kappa shape index (κ1) is 11.6. The predicted molar refractivity (Wildman–Crippen MR) is 70.1 cm³/mol. The first-order valence-electron chi connectivity index (χ1n) is 5.38. The van der Waals surface area contributed by atoms with Gasteiger partial charge in [-0.3, -0.25) is 10.1 Å². The number of aromatic nitrogens is 2. The molecule has 0 aliphatic rings. The highest BCUT2D eigenvalue weighted by atomic mass is 32.1. The van der Waals surface area contributed by atoms with Crippen molar-refractivity contribution in [3.63, 3.8) is 0 Å². The molecule has 19 heavy (non-hydrogen) atoms. The minimum atomic E-state index is -0.462. The lowest BCUT2D eigenvalue weighted by atomic mass is 10.3. The van der Waals surface area contributed by atoms with E-state index in [1.54, 1.807) is 5.51 Å². The molecule has 0 aliphatic carbocycles. The molecule has 0 amide bonds. The first-order valence-corrected chi connectivity index (χ1v) is 6.32. The fraction of sp³-hybridized carbons (Fsp3) is 0.0909.